The molecule has 1 aliphatic heterocycles. The van der Waals surface area contributed by atoms with Gasteiger partial charge in [-0.05, 0) is 77.6 Å². The number of amides is 1. The lowest BCUT2D eigenvalue weighted by atomic mass is 9.79. The number of carbonyl (C=O) groups excluding carboxylic acids is 2. The second-order valence-corrected chi connectivity index (χ2v) is 13.2. The molecule has 1 heterocycles. The Morgan fingerprint density at radius 1 is 0.844 bits per heavy atom. The minimum absolute atomic E-state index is 0.0402. The summed E-state index contributed by atoms with van der Waals surface area (Å²) in [6.07, 6.45) is 1.80. The number of benzene rings is 4. The monoisotopic (exact) mass is 599 g/mol. The zero-order chi connectivity index (χ0) is 32.0. The topological polar surface area (TPSA) is 61.4 Å². The molecule has 2 N–H and O–H groups in total. The number of piperidine rings is 1. The molecule has 1 unspecified atom stereocenters. The molecule has 0 saturated carbocycles. The second kappa shape index (κ2) is 14.0. The van der Waals surface area contributed by atoms with Crippen molar-refractivity contribution in [1.29, 1.82) is 0 Å². The molecule has 5 nitrogen and oxygen atoms in total. The largest absolute Gasteiger partial charge is 0.372 e. The Balaban J connectivity index is 1.23. The number of carbonyl (C=O) groups is 2. The summed E-state index contributed by atoms with van der Waals surface area (Å²) in [4.78, 5) is 27.1. The van der Waals surface area contributed by atoms with Gasteiger partial charge in [-0.1, -0.05) is 106 Å². The van der Waals surface area contributed by atoms with Gasteiger partial charge in [-0.15, -0.1) is 0 Å². The highest BCUT2D eigenvalue weighted by Crippen LogP contribution is 2.35. The summed E-state index contributed by atoms with van der Waals surface area (Å²) >= 11 is 0. The van der Waals surface area contributed by atoms with Crippen LogP contribution >= 0.6 is 0 Å². The van der Waals surface area contributed by atoms with Gasteiger partial charge >= 0.3 is 0 Å². The first-order valence-corrected chi connectivity index (χ1v) is 15.9. The van der Waals surface area contributed by atoms with Crippen molar-refractivity contribution in [3.63, 3.8) is 0 Å². The Morgan fingerprint density at radius 3 is 2.09 bits per heavy atom. The van der Waals surface area contributed by atoms with E-state index in [0.29, 0.717) is 0 Å². The maximum Gasteiger partial charge on any atom is 0.228 e. The summed E-state index contributed by atoms with van der Waals surface area (Å²) in [5.74, 6) is -0.148. The number of nitrogens with zero attached hydrogens (tertiary/aromatic N) is 1. The third kappa shape index (κ3) is 7.91. The Kier molecular flexibility index (Phi) is 9.87. The van der Waals surface area contributed by atoms with Crippen molar-refractivity contribution in [1.82, 2.24) is 5.32 Å². The van der Waals surface area contributed by atoms with Crippen molar-refractivity contribution in [3.05, 3.63) is 126 Å². The minimum Gasteiger partial charge on any atom is -0.372 e. The van der Waals surface area contributed by atoms with Crippen LogP contribution in [0.3, 0.4) is 0 Å². The first-order valence-electron chi connectivity index (χ1n) is 15.9. The van der Waals surface area contributed by atoms with Crippen LogP contribution < -0.4 is 15.5 Å². The van der Waals surface area contributed by atoms with E-state index < -0.39 is 0 Å². The van der Waals surface area contributed by atoms with Gasteiger partial charge in [-0.2, -0.15) is 0 Å². The Morgan fingerprint density at radius 2 is 1.47 bits per heavy atom. The van der Waals surface area contributed by atoms with Gasteiger partial charge in [0.25, 0.3) is 0 Å². The minimum atomic E-state index is -0.260. The zero-order valence-electron chi connectivity index (χ0n) is 27.0. The molecule has 5 rings (SSSR count). The quantitative estimate of drug-likeness (QED) is 0.192. The highest BCUT2D eigenvalue weighted by molar-refractivity contribution is 5.89. The molecule has 0 spiro atoms. The summed E-state index contributed by atoms with van der Waals surface area (Å²) in [6.45, 7) is 14.4. The summed E-state index contributed by atoms with van der Waals surface area (Å²) in [5.41, 5.74) is 8.85. The normalized spacial score (nSPS) is 14.4. The standard InChI is InChI=1S/C40H45N3O2/c1-28(44)27-41-39(45)38(31-11-7-6-8-12-31)32-23-25-43(26-24-32)35-21-19-34(20-22-35)42-29(2)36-13-9-10-14-37(36)30-15-17-33(18-16-30)40(3,4)5/h6-22,32,38,42H,2,23-27H2,1,3-5H3,(H,41,45). The van der Waals surface area contributed by atoms with Crippen LogP contribution in [0, 0.1) is 5.92 Å². The summed E-state index contributed by atoms with van der Waals surface area (Å²) in [7, 11) is 0. The van der Waals surface area contributed by atoms with E-state index in [9.17, 15) is 9.59 Å². The number of rotatable bonds is 10. The molecule has 4 aromatic rings. The maximum atomic E-state index is 13.2. The van der Waals surface area contributed by atoms with Crippen molar-refractivity contribution in [2.45, 2.75) is 51.9 Å². The predicted molar refractivity (Wildman–Crippen MR) is 187 cm³/mol. The van der Waals surface area contributed by atoms with E-state index in [4.69, 9.17) is 0 Å². The van der Waals surface area contributed by atoms with E-state index in [1.165, 1.54) is 23.7 Å². The fraction of sp³-hybridized carbons (Fsp3) is 0.300. The van der Waals surface area contributed by atoms with Crippen LogP contribution in [0.1, 0.15) is 63.1 Å². The van der Waals surface area contributed by atoms with E-state index in [-0.39, 0.29) is 35.5 Å². The van der Waals surface area contributed by atoms with E-state index in [1.54, 1.807) is 0 Å². The Bertz CT molecular complexity index is 1610. The van der Waals surface area contributed by atoms with Crippen LogP contribution in [-0.2, 0) is 15.0 Å². The molecular formula is C40H45N3O2. The lowest BCUT2D eigenvalue weighted by molar-refractivity contribution is -0.126. The average Bonchev–Trinajstić information content (AvgIpc) is 3.05. The third-order valence-electron chi connectivity index (χ3n) is 8.81. The van der Waals surface area contributed by atoms with Gasteiger partial charge in [-0.25, -0.2) is 0 Å². The molecule has 1 amide bonds. The van der Waals surface area contributed by atoms with Crippen molar-refractivity contribution >= 4 is 28.8 Å². The number of hydrogen-bond acceptors (Lipinski definition) is 4. The van der Waals surface area contributed by atoms with Crippen LogP contribution in [0.25, 0.3) is 16.8 Å². The molecule has 1 aliphatic rings. The second-order valence-electron chi connectivity index (χ2n) is 13.2. The molecule has 0 aliphatic carbocycles. The Hall–Kier alpha value is -4.64. The SMILES string of the molecule is C=C(Nc1ccc(N2CCC(C(C(=O)NCC(C)=O)c3ccccc3)CC2)cc1)c1ccccc1-c1ccc(C(C)(C)C)cc1. The molecule has 1 saturated heterocycles. The van der Waals surface area contributed by atoms with Gasteiger partial charge in [0.15, 0.2) is 0 Å². The van der Waals surface area contributed by atoms with Crippen molar-refractivity contribution in [2.24, 2.45) is 5.92 Å². The fourth-order valence-electron chi connectivity index (χ4n) is 6.26. The summed E-state index contributed by atoms with van der Waals surface area (Å²) in [6, 6.07) is 35.7. The first kappa shape index (κ1) is 31.8. The molecule has 0 bridgehead atoms. The van der Waals surface area contributed by atoms with Crippen molar-refractivity contribution in [3.8, 4) is 11.1 Å². The van der Waals surface area contributed by atoms with Crippen LogP contribution in [0.4, 0.5) is 11.4 Å². The smallest absolute Gasteiger partial charge is 0.228 e. The van der Waals surface area contributed by atoms with Crippen LogP contribution in [0.15, 0.2) is 110 Å². The molecule has 0 radical (unpaired) electrons. The lowest BCUT2D eigenvalue weighted by Crippen LogP contribution is -2.41. The van der Waals surface area contributed by atoms with E-state index in [0.717, 1.165) is 54.0 Å². The number of ketones is 1. The van der Waals surface area contributed by atoms with Crippen LogP contribution in [0.2, 0.25) is 0 Å². The predicted octanol–water partition coefficient (Wildman–Crippen LogP) is 8.44. The van der Waals surface area contributed by atoms with Crippen molar-refractivity contribution in [2.75, 3.05) is 29.9 Å². The van der Waals surface area contributed by atoms with E-state index in [1.807, 2.05) is 30.3 Å². The van der Waals surface area contributed by atoms with E-state index in [2.05, 4.69) is 116 Å². The van der Waals surface area contributed by atoms with Gasteiger partial charge in [0.2, 0.25) is 5.91 Å². The molecule has 1 fully saturated rings. The van der Waals surface area contributed by atoms with E-state index >= 15 is 0 Å². The third-order valence-corrected chi connectivity index (χ3v) is 8.81. The first-order chi connectivity index (χ1) is 21.6. The number of nitrogens with one attached hydrogen (secondary N) is 2. The van der Waals surface area contributed by atoms with Crippen LogP contribution in [0.5, 0.6) is 0 Å². The highest BCUT2D eigenvalue weighted by Gasteiger charge is 2.32. The summed E-state index contributed by atoms with van der Waals surface area (Å²) < 4.78 is 0. The molecule has 4 aromatic carbocycles. The average molecular weight is 600 g/mol. The highest BCUT2D eigenvalue weighted by atomic mass is 16.2. The number of Topliss-reactive ketones (excluding diaryl/α,β-unsaturated/α-hetero) is 1. The lowest BCUT2D eigenvalue weighted by Gasteiger charge is -2.37. The molecule has 45 heavy (non-hydrogen) atoms. The molecular weight excluding hydrogens is 554 g/mol. The Labute approximate surface area is 268 Å². The van der Waals surface area contributed by atoms with Crippen LogP contribution in [-0.4, -0.2) is 31.3 Å². The molecule has 0 aromatic heterocycles. The number of anilines is 2. The zero-order valence-corrected chi connectivity index (χ0v) is 27.0. The maximum absolute atomic E-state index is 13.2. The molecule has 232 valence electrons. The summed E-state index contributed by atoms with van der Waals surface area (Å²) in [5, 5.41) is 6.38. The van der Waals surface area contributed by atoms with Gasteiger partial charge in [0.1, 0.15) is 5.78 Å². The molecule has 1 atom stereocenters. The number of hydrogen-bond donors (Lipinski definition) is 2. The van der Waals surface area contributed by atoms with Gasteiger partial charge in [0, 0.05) is 35.7 Å². The van der Waals surface area contributed by atoms with Gasteiger partial charge in [-0.3, -0.25) is 9.59 Å². The van der Waals surface area contributed by atoms with Gasteiger partial charge in [0.05, 0.1) is 12.5 Å². The molecule has 5 heteroatoms. The fourth-order valence-corrected chi connectivity index (χ4v) is 6.26. The van der Waals surface area contributed by atoms with Gasteiger partial charge < -0.3 is 15.5 Å². The van der Waals surface area contributed by atoms with Crippen molar-refractivity contribution < 1.29 is 9.59 Å².